The number of rotatable bonds is 8. The van der Waals surface area contributed by atoms with Crippen molar-refractivity contribution in [2.45, 2.75) is 13.1 Å². The molecule has 0 atom stereocenters. The Labute approximate surface area is 144 Å². The van der Waals surface area contributed by atoms with E-state index < -0.39 is 0 Å². The second-order valence-electron chi connectivity index (χ2n) is 6.02. The number of para-hydroxylation sites is 1. The first-order valence-corrected chi connectivity index (χ1v) is 8.21. The Morgan fingerprint density at radius 1 is 0.870 bits per heavy atom. The lowest BCUT2D eigenvalue weighted by molar-refractivity contribution is 0.229. The van der Waals surface area contributed by atoms with Gasteiger partial charge in [-0.1, -0.05) is 48.0 Å². The van der Waals surface area contributed by atoms with Gasteiger partial charge in [-0.3, -0.25) is 4.90 Å². The number of likely N-dealkylation sites (N-methyl/N-ethyl adjacent to an activating group) is 1. The minimum absolute atomic E-state index is 0.658. The molecule has 0 fully saturated rings. The van der Waals surface area contributed by atoms with Crippen molar-refractivity contribution in [3.63, 3.8) is 0 Å². The van der Waals surface area contributed by atoms with E-state index in [2.05, 4.69) is 49.1 Å². The standard InChI is InChI=1S/C19H25ClN2O/c1-21(2)14-17-9-5-7-11-19(17)23-13-12-22(3)15-16-8-4-6-10-18(16)20/h4-11H,12-15H2,1-3H3. The summed E-state index contributed by atoms with van der Waals surface area (Å²) in [5.74, 6) is 0.965. The van der Waals surface area contributed by atoms with Crippen molar-refractivity contribution in [3.05, 3.63) is 64.7 Å². The molecular weight excluding hydrogens is 308 g/mol. The maximum atomic E-state index is 6.20. The molecule has 0 unspecified atom stereocenters. The summed E-state index contributed by atoms with van der Waals surface area (Å²) < 4.78 is 5.98. The topological polar surface area (TPSA) is 15.7 Å². The van der Waals surface area contributed by atoms with Crippen LogP contribution < -0.4 is 4.74 Å². The zero-order valence-electron chi connectivity index (χ0n) is 14.1. The van der Waals surface area contributed by atoms with Crippen LogP contribution in [-0.4, -0.2) is 44.1 Å². The van der Waals surface area contributed by atoms with Gasteiger partial charge >= 0.3 is 0 Å². The third-order valence-corrected chi connectivity index (χ3v) is 3.96. The minimum atomic E-state index is 0.658. The van der Waals surface area contributed by atoms with Gasteiger partial charge in [-0.2, -0.15) is 0 Å². The normalized spacial score (nSPS) is 11.2. The predicted molar refractivity (Wildman–Crippen MR) is 97.1 cm³/mol. The number of ether oxygens (including phenoxy) is 1. The first kappa shape index (κ1) is 17.8. The Morgan fingerprint density at radius 2 is 1.52 bits per heavy atom. The highest BCUT2D eigenvalue weighted by Crippen LogP contribution is 2.19. The van der Waals surface area contributed by atoms with Crippen molar-refractivity contribution < 1.29 is 4.74 Å². The highest BCUT2D eigenvalue weighted by atomic mass is 35.5. The molecule has 0 amide bonds. The molecule has 2 rings (SSSR count). The van der Waals surface area contributed by atoms with Gasteiger partial charge in [-0.25, -0.2) is 0 Å². The van der Waals surface area contributed by atoms with Crippen LogP contribution in [-0.2, 0) is 13.1 Å². The van der Waals surface area contributed by atoms with Crippen LogP contribution in [0, 0.1) is 0 Å². The predicted octanol–water partition coefficient (Wildman–Crippen LogP) is 3.91. The van der Waals surface area contributed by atoms with Crippen molar-refractivity contribution in [3.8, 4) is 5.75 Å². The molecule has 0 N–H and O–H groups in total. The van der Waals surface area contributed by atoms with E-state index >= 15 is 0 Å². The summed E-state index contributed by atoms with van der Waals surface area (Å²) in [4.78, 5) is 4.36. The van der Waals surface area contributed by atoms with E-state index in [9.17, 15) is 0 Å². The number of halogens is 1. The van der Waals surface area contributed by atoms with Crippen LogP contribution >= 0.6 is 11.6 Å². The van der Waals surface area contributed by atoms with Crippen LogP contribution in [0.15, 0.2) is 48.5 Å². The third kappa shape index (κ3) is 5.87. The molecule has 0 heterocycles. The Kier molecular flexibility index (Phi) is 6.90. The maximum absolute atomic E-state index is 6.20. The summed E-state index contributed by atoms with van der Waals surface area (Å²) in [5.41, 5.74) is 2.36. The summed E-state index contributed by atoms with van der Waals surface area (Å²) in [6.07, 6.45) is 0. The zero-order chi connectivity index (χ0) is 16.7. The van der Waals surface area contributed by atoms with Crippen LogP contribution in [0.5, 0.6) is 5.75 Å². The summed E-state index contributed by atoms with van der Waals surface area (Å²) in [6, 6.07) is 16.2. The fourth-order valence-electron chi connectivity index (χ4n) is 2.42. The van der Waals surface area contributed by atoms with Crippen molar-refractivity contribution in [2.24, 2.45) is 0 Å². The molecule has 0 saturated carbocycles. The molecule has 124 valence electrons. The van der Waals surface area contributed by atoms with Gasteiger partial charge in [0.2, 0.25) is 0 Å². The fraction of sp³-hybridized carbons (Fsp3) is 0.368. The second kappa shape index (κ2) is 8.92. The molecule has 2 aromatic rings. The average Bonchev–Trinajstić information content (AvgIpc) is 2.51. The quantitative estimate of drug-likeness (QED) is 0.729. The van der Waals surface area contributed by atoms with Gasteiger partial charge in [0.1, 0.15) is 12.4 Å². The van der Waals surface area contributed by atoms with Gasteiger partial charge in [-0.15, -0.1) is 0 Å². The van der Waals surface area contributed by atoms with Gasteiger partial charge in [0.25, 0.3) is 0 Å². The van der Waals surface area contributed by atoms with E-state index in [1.54, 1.807) is 0 Å². The average molecular weight is 333 g/mol. The van der Waals surface area contributed by atoms with Crippen LogP contribution in [0.3, 0.4) is 0 Å². The molecule has 4 heteroatoms. The molecular formula is C19H25ClN2O. The Morgan fingerprint density at radius 3 is 2.22 bits per heavy atom. The SMILES string of the molecule is CN(C)Cc1ccccc1OCCN(C)Cc1ccccc1Cl. The monoisotopic (exact) mass is 332 g/mol. The second-order valence-corrected chi connectivity index (χ2v) is 6.43. The molecule has 3 nitrogen and oxygen atoms in total. The molecule has 0 saturated heterocycles. The molecule has 0 aliphatic carbocycles. The Hall–Kier alpha value is -1.55. The molecule has 0 spiro atoms. The van der Waals surface area contributed by atoms with E-state index in [1.165, 1.54) is 5.56 Å². The molecule has 2 aromatic carbocycles. The minimum Gasteiger partial charge on any atom is -0.492 e. The Bertz CT molecular complexity index is 616. The summed E-state index contributed by atoms with van der Waals surface area (Å²) in [5, 5.41) is 0.816. The lowest BCUT2D eigenvalue weighted by atomic mass is 10.2. The summed E-state index contributed by atoms with van der Waals surface area (Å²) in [6.45, 7) is 3.21. The largest absolute Gasteiger partial charge is 0.492 e. The highest BCUT2D eigenvalue weighted by Gasteiger charge is 2.06. The van der Waals surface area contributed by atoms with E-state index in [1.807, 2.05) is 30.3 Å². The molecule has 0 aromatic heterocycles. The first-order chi connectivity index (χ1) is 11.1. The smallest absolute Gasteiger partial charge is 0.123 e. The van der Waals surface area contributed by atoms with E-state index in [-0.39, 0.29) is 0 Å². The molecule has 0 aliphatic rings. The number of benzene rings is 2. The van der Waals surface area contributed by atoms with Crippen LogP contribution in [0.2, 0.25) is 5.02 Å². The molecule has 23 heavy (non-hydrogen) atoms. The number of hydrogen-bond donors (Lipinski definition) is 0. The molecule has 0 radical (unpaired) electrons. The van der Waals surface area contributed by atoms with Gasteiger partial charge < -0.3 is 9.64 Å². The van der Waals surface area contributed by atoms with Gasteiger partial charge in [0.05, 0.1) is 0 Å². The lowest BCUT2D eigenvalue weighted by Crippen LogP contribution is -2.24. The van der Waals surface area contributed by atoms with Gasteiger partial charge in [-0.05, 0) is 38.8 Å². The lowest BCUT2D eigenvalue weighted by Gasteiger charge is -2.19. The summed E-state index contributed by atoms with van der Waals surface area (Å²) >= 11 is 6.20. The highest BCUT2D eigenvalue weighted by molar-refractivity contribution is 6.31. The molecule has 0 aliphatic heterocycles. The zero-order valence-corrected chi connectivity index (χ0v) is 14.9. The van der Waals surface area contributed by atoms with Crippen molar-refractivity contribution >= 4 is 11.6 Å². The molecule has 0 bridgehead atoms. The van der Waals surface area contributed by atoms with Gasteiger partial charge in [0.15, 0.2) is 0 Å². The number of nitrogens with zero attached hydrogens (tertiary/aromatic N) is 2. The van der Waals surface area contributed by atoms with Crippen molar-refractivity contribution in [1.29, 1.82) is 0 Å². The maximum Gasteiger partial charge on any atom is 0.123 e. The van der Waals surface area contributed by atoms with Crippen molar-refractivity contribution in [1.82, 2.24) is 9.80 Å². The third-order valence-electron chi connectivity index (χ3n) is 3.59. The van der Waals surface area contributed by atoms with Crippen LogP contribution in [0.25, 0.3) is 0 Å². The summed E-state index contributed by atoms with van der Waals surface area (Å²) in [7, 11) is 6.21. The number of hydrogen-bond acceptors (Lipinski definition) is 3. The van der Waals surface area contributed by atoms with Crippen LogP contribution in [0.4, 0.5) is 0 Å². The fourth-order valence-corrected chi connectivity index (χ4v) is 2.62. The Balaban J connectivity index is 1.84. The van der Waals surface area contributed by atoms with E-state index in [0.29, 0.717) is 6.61 Å². The van der Waals surface area contributed by atoms with Crippen molar-refractivity contribution in [2.75, 3.05) is 34.3 Å². The van der Waals surface area contributed by atoms with Gasteiger partial charge in [0, 0.05) is 30.2 Å². The first-order valence-electron chi connectivity index (χ1n) is 7.83. The van der Waals surface area contributed by atoms with E-state index in [4.69, 9.17) is 16.3 Å². The van der Waals surface area contributed by atoms with Crippen LogP contribution in [0.1, 0.15) is 11.1 Å². The van der Waals surface area contributed by atoms with E-state index in [0.717, 1.165) is 36.0 Å².